The fraction of sp³-hybridized carbons (Fsp3) is 0.467. The van der Waals surface area contributed by atoms with E-state index in [1.165, 1.54) is 12.1 Å². The van der Waals surface area contributed by atoms with Crippen LogP contribution in [-0.4, -0.2) is 26.2 Å². The van der Waals surface area contributed by atoms with Gasteiger partial charge in [0.15, 0.2) is 0 Å². The Labute approximate surface area is 121 Å². The first kappa shape index (κ1) is 16.7. The van der Waals surface area contributed by atoms with Gasteiger partial charge in [0, 0.05) is 11.6 Å². The van der Waals surface area contributed by atoms with Gasteiger partial charge in [-0.15, -0.1) is 0 Å². The van der Waals surface area contributed by atoms with Crippen molar-refractivity contribution in [2.75, 3.05) is 6.61 Å². The van der Waals surface area contributed by atoms with Gasteiger partial charge in [0.1, 0.15) is 6.61 Å². The minimum absolute atomic E-state index is 0.153. The highest BCUT2D eigenvalue weighted by molar-refractivity contribution is 7.89. The number of rotatable bonds is 3. The molecule has 20 heavy (non-hydrogen) atoms. The van der Waals surface area contributed by atoms with Gasteiger partial charge in [0.05, 0.1) is 4.90 Å². The molecule has 1 rings (SSSR count). The van der Waals surface area contributed by atoms with E-state index in [0.29, 0.717) is 5.56 Å². The van der Waals surface area contributed by atoms with Crippen LogP contribution in [0.25, 0.3) is 0 Å². The van der Waals surface area contributed by atoms with Gasteiger partial charge in [0.2, 0.25) is 10.0 Å². The lowest BCUT2D eigenvalue weighted by molar-refractivity contribution is 0.317. The molecule has 2 N–H and O–H groups in total. The topological polar surface area (TPSA) is 66.4 Å². The molecule has 0 aromatic heterocycles. The first-order valence-electron chi connectivity index (χ1n) is 6.39. The van der Waals surface area contributed by atoms with Crippen LogP contribution in [0.5, 0.6) is 0 Å². The number of hydrogen-bond donors (Lipinski definition) is 2. The van der Waals surface area contributed by atoms with Crippen LogP contribution in [0.4, 0.5) is 0 Å². The molecule has 4 nitrogen and oxygen atoms in total. The molecule has 1 aromatic rings. The molecule has 0 radical (unpaired) electrons. The predicted molar refractivity (Wildman–Crippen MR) is 79.6 cm³/mol. The predicted octanol–water partition coefficient (Wildman–Crippen LogP) is 1.74. The summed E-state index contributed by atoms with van der Waals surface area (Å²) in [6.45, 7) is 7.57. The van der Waals surface area contributed by atoms with E-state index in [0.717, 1.165) is 0 Å². The monoisotopic (exact) mass is 295 g/mol. The van der Waals surface area contributed by atoms with Crippen molar-refractivity contribution in [3.8, 4) is 11.8 Å². The molecule has 5 heteroatoms. The number of aliphatic hydroxyl groups is 1. The third-order valence-electron chi connectivity index (χ3n) is 3.11. The Morgan fingerprint density at radius 2 is 1.80 bits per heavy atom. The summed E-state index contributed by atoms with van der Waals surface area (Å²) in [7, 11) is -3.53. The molecule has 1 atom stereocenters. The second-order valence-electron chi connectivity index (χ2n) is 5.69. The zero-order valence-electron chi connectivity index (χ0n) is 12.3. The van der Waals surface area contributed by atoms with E-state index in [9.17, 15) is 8.42 Å². The summed E-state index contributed by atoms with van der Waals surface area (Å²) in [6, 6.07) is 6.09. The van der Waals surface area contributed by atoms with Crippen molar-refractivity contribution in [1.29, 1.82) is 0 Å². The smallest absolute Gasteiger partial charge is 0.240 e. The second-order valence-corrected chi connectivity index (χ2v) is 7.41. The first-order valence-corrected chi connectivity index (χ1v) is 7.87. The van der Waals surface area contributed by atoms with Gasteiger partial charge in [0.25, 0.3) is 0 Å². The van der Waals surface area contributed by atoms with Crippen molar-refractivity contribution >= 4 is 10.0 Å². The third kappa shape index (κ3) is 4.64. The van der Waals surface area contributed by atoms with Crippen molar-refractivity contribution in [3.05, 3.63) is 29.8 Å². The van der Waals surface area contributed by atoms with Gasteiger partial charge in [-0.1, -0.05) is 32.6 Å². The second kappa shape index (κ2) is 6.40. The average Bonchev–Trinajstić information content (AvgIpc) is 2.35. The van der Waals surface area contributed by atoms with E-state index in [-0.39, 0.29) is 23.0 Å². The van der Waals surface area contributed by atoms with Gasteiger partial charge in [-0.05, 0) is 36.6 Å². The van der Waals surface area contributed by atoms with Crippen LogP contribution in [0.15, 0.2) is 29.2 Å². The van der Waals surface area contributed by atoms with Crippen LogP contribution < -0.4 is 4.72 Å². The summed E-state index contributed by atoms with van der Waals surface area (Å²) >= 11 is 0. The van der Waals surface area contributed by atoms with E-state index >= 15 is 0 Å². The molecular weight excluding hydrogens is 274 g/mol. The number of hydrogen-bond acceptors (Lipinski definition) is 3. The summed E-state index contributed by atoms with van der Waals surface area (Å²) in [6.07, 6.45) is 0. The molecule has 0 spiro atoms. The minimum Gasteiger partial charge on any atom is -0.384 e. The molecule has 0 fully saturated rings. The molecule has 1 unspecified atom stereocenters. The lowest BCUT2D eigenvalue weighted by Crippen LogP contribution is -2.41. The van der Waals surface area contributed by atoms with Crippen LogP contribution in [0.2, 0.25) is 0 Å². The van der Waals surface area contributed by atoms with Crippen LogP contribution in [0.3, 0.4) is 0 Å². The van der Waals surface area contributed by atoms with Gasteiger partial charge in [-0.25, -0.2) is 13.1 Å². The maximum atomic E-state index is 12.2. The molecule has 0 heterocycles. The molecule has 0 bridgehead atoms. The minimum atomic E-state index is -3.53. The van der Waals surface area contributed by atoms with Crippen molar-refractivity contribution < 1.29 is 13.5 Å². The number of benzene rings is 1. The van der Waals surface area contributed by atoms with E-state index in [4.69, 9.17) is 5.11 Å². The van der Waals surface area contributed by atoms with E-state index in [1.807, 2.05) is 27.7 Å². The highest BCUT2D eigenvalue weighted by atomic mass is 32.2. The summed E-state index contributed by atoms with van der Waals surface area (Å²) in [5, 5.41) is 8.61. The fourth-order valence-corrected chi connectivity index (χ4v) is 2.79. The summed E-state index contributed by atoms with van der Waals surface area (Å²) in [4.78, 5) is 0.211. The van der Waals surface area contributed by atoms with Gasteiger partial charge in [-0.2, -0.15) is 0 Å². The Bertz CT molecular complexity index is 601. The highest BCUT2D eigenvalue weighted by Crippen LogP contribution is 2.21. The van der Waals surface area contributed by atoms with Crippen LogP contribution in [0, 0.1) is 17.3 Å². The molecule has 0 aliphatic rings. The number of sulfonamides is 1. The van der Waals surface area contributed by atoms with Crippen molar-refractivity contribution in [3.63, 3.8) is 0 Å². The standard InChI is InChI=1S/C15H21NO3S/c1-12(15(2,3)4)16-20(18,19)14-9-7-13(8-10-14)6-5-11-17/h7-10,12,16-17H,11H2,1-4H3. The largest absolute Gasteiger partial charge is 0.384 e. The van der Waals surface area contributed by atoms with Crippen LogP contribution >= 0.6 is 0 Å². The van der Waals surface area contributed by atoms with Crippen molar-refractivity contribution in [1.82, 2.24) is 4.72 Å². The quantitative estimate of drug-likeness (QED) is 0.835. The molecular formula is C15H21NO3S. The SMILES string of the molecule is CC(NS(=O)(=O)c1ccc(C#CCO)cc1)C(C)(C)C. The Morgan fingerprint density at radius 1 is 1.25 bits per heavy atom. The maximum absolute atomic E-state index is 12.2. The maximum Gasteiger partial charge on any atom is 0.240 e. The fourth-order valence-electron chi connectivity index (χ4n) is 1.34. The molecule has 1 aromatic carbocycles. The van der Waals surface area contributed by atoms with Gasteiger partial charge < -0.3 is 5.11 Å². The summed E-state index contributed by atoms with van der Waals surface area (Å²) in [5.41, 5.74) is 0.515. The molecule has 0 saturated carbocycles. The third-order valence-corrected chi connectivity index (χ3v) is 4.66. The normalized spacial score (nSPS) is 13.4. The molecule has 0 aliphatic carbocycles. The zero-order chi connectivity index (χ0) is 15.4. The van der Waals surface area contributed by atoms with Crippen molar-refractivity contribution in [2.45, 2.75) is 38.6 Å². The van der Waals surface area contributed by atoms with Crippen LogP contribution in [-0.2, 0) is 10.0 Å². The van der Waals surface area contributed by atoms with Gasteiger partial charge >= 0.3 is 0 Å². The Kier molecular flexibility index (Phi) is 5.35. The number of aliphatic hydroxyl groups excluding tert-OH is 1. The molecule has 0 aliphatic heterocycles. The lowest BCUT2D eigenvalue weighted by Gasteiger charge is -2.27. The zero-order valence-corrected chi connectivity index (χ0v) is 13.1. The molecule has 110 valence electrons. The molecule has 0 saturated heterocycles. The Balaban J connectivity index is 2.94. The Morgan fingerprint density at radius 3 is 2.25 bits per heavy atom. The number of nitrogens with one attached hydrogen (secondary N) is 1. The van der Waals surface area contributed by atoms with Crippen molar-refractivity contribution in [2.24, 2.45) is 5.41 Å². The summed E-state index contributed by atoms with van der Waals surface area (Å²) < 4.78 is 27.1. The van der Waals surface area contributed by atoms with Crippen LogP contribution in [0.1, 0.15) is 33.3 Å². The molecule has 0 amide bonds. The van der Waals surface area contributed by atoms with E-state index in [1.54, 1.807) is 12.1 Å². The van der Waals surface area contributed by atoms with Gasteiger partial charge in [-0.3, -0.25) is 0 Å². The Hall–Kier alpha value is -1.35. The summed E-state index contributed by atoms with van der Waals surface area (Å²) in [5.74, 6) is 5.24. The average molecular weight is 295 g/mol. The van der Waals surface area contributed by atoms with E-state index in [2.05, 4.69) is 16.6 Å². The van der Waals surface area contributed by atoms with E-state index < -0.39 is 10.0 Å². The highest BCUT2D eigenvalue weighted by Gasteiger charge is 2.25. The first-order chi connectivity index (χ1) is 9.16. The lowest BCUT2D eigenvalue weighted by atomic mass is 9.89.